The number of nitrogens with zero attached hydrogens (tertiary/aromatic N) is 3. The Kier molecular flexibility index (Phi) is 2.28. The SMILES string of the molecule is Cn1nc(NC(C)(C)C)cc1C#N. The molecule has 4 nitrogen and oxygen atoms in total. The quantitative estimate of drug-likeness (QED) is 0.709. The molecule has 1 rings (SSSR count). The highest BCUT2D eigenvalue weighted by atomic mass is 15.3. The van der Waals surface area contributed by atoms with Gasteiger partial charge in [-0.3, -0.25) is 4.68 Å². The summed E-state index contributed by atoms with van der Waals surface area (Å²) in [5, 5.41) is 16.0. The zero-order chi connectivity index (χ0) is 10.1. The van der Waals surface area contributed by atoms with E-state index >= 15 is 0 Å². The average Bonchev–Trinajstić information content (AvgIpc) is 2.26. The van der Waals surface area contributed by atoms with Gasteiger partial charge in [-0.05, 0) is 20.8 Å². The van der Waals surface area contributed by atoms with E-state index in [2.05, 4.69) is 16.5 Å². The molecule has 1 heterocycles. The lowest BCUT2D eigenvalue weighted by molar-refractivity contribution is 0.625. The number of hydrogen-bond acceptors (Lipinski definition) is 3. The highest BCUT2D eigenvalue weighted by molar-refractivity contribution is 5.41. The minimum absolute atomic E-state index is 0.0267. The first kappa shape index (κ1) is 9.59. The molecule has 1 N–H and O–H groups in total. The second-order valence-corrected chi connectivity index (χ2v) is 4.03. The molecule has 1 aromatic heterocycles. The summed E-state index contributed by atoms with van der Waals surface area (Å²) in [6, 6.07) is 3.80. The van der Waals surface area contributed by atoms with Gasteiger partial charge in [0, 0.05) is 18.7 Å². The van der Waals surface area contributed by atoms with Crippen LogP contribution in [0.1, 0.15) is 26.5 Å². The van der Waals surface area contributed by atoms with Crippen LogP contribution in [0.2, 0.25) is 0 Å². The third kappa shape index (κ3) is 2.48. The Hall–Kier alpha value is -1.50. The number of rotatable bonds is 1. The van der Waals surface area contributed by atoms with E-state index in [0.29, 0.717) is 5.69 Å². The van der Waals surface area contributed by atoms with Crippen LogP contribution in [0.5, 0.6) is 0 Å². The van der Waals surface area contributed by atoms with Gasteiger partial charge in [-0.2, -0.15) is 10.4 Å². The normalized spacial score (nSPS) is 11.0. The highest BCUT2D eigenvalue weighted by Crippen LogP contribution is 2.13. The van der Waals surface area contributed by atoms with E-state index in [4.69, 9.17) is 5.26 Å². The van der Waals surface area contributed by atoms with Crippen LogP contribution in [-0.4, -0.2) is 15.3 Å². The average molecular weight is 178 g/mol. The number of aromatic nitrogens is 2. The molecule has 0 saturated heterocycles. The summed E-state index contributed by atoms with van der Waals surface area (Å²) in [6.07, 6.45) is 0. The van der Waals surface area contributed by atoms with E-state index in [0.717, 1.165) is 5.82 Å². The van der Waals surface area contributed by atoms with E-state index < -0.39 is 0 Å². The summed E-state index contributed by atoms with van der Waals surface area (Å²) in [6.45, 7) is 6.15. The second-order valence-electron chi connectivity index (χ2n) is 4.03. The molecule has 1 aromatic rings. The third-order valence-corrected chi connectivity index (χ3v) is 1.50. The Bertz CT molecular complexity index is 337. The predicted molar refractivity (Wildman–Crippen MR) is 51.3 cm³/mol. The van der Waals surface area contributed by atoms with Crippen LogP contribution in [-0.2, 0) is 7.05 Å². The van der Waals surface area contributed by atoms with Gasteiger partial charge in [0.15, 0.2) is 0 Å². The largest absolute Gasteiger partial charge is 0.364 e. The van der Waals surface area contributed by atoms with Crippen molar-refractivity contribution < 1.29 is 0 Å². The molecule has 0 aromatic carbocycles. The van der Waals surface area contributed by atoms with Crippen LogP contribution < -0.4 is 5.32 Å². The summed E-state index contributed by atoms with van der Waals surface area (Å²) < 4.78 is 1.56. The molecule has 0 amide bonds. The van der Waals surface area contributed by atoms with E-state index in [1.807, 2.05) is 20.8 Å². The van der Waals surface area contributed by atoms with E-state index in [1.165, 1.54) is 0 Å². The topological polar surface area (TPSA) is 53.6 Å². The number of anilines is 1. The van der Waals surface area contributed by atoms with Gasteiger partial charge in [0.25, 0.3) is 0 Å². The van der Waals surface area contributed by atoms with Crippen LogP contribution in [0, 0.1) is 11.3 Å². The Morgan fingerprint density at radius 2 is 2.15 bits per heavy atom. The van der Waals surface area contributed by atoms with Crippen LogP contribution in [0.25, 0.3) is 0 Å². The van der Waals surface area contributed by atoms with Crippen molar-refractivity contribution in [3.8, 4) is 6.07 Å². The zero-order valence-corrected chi connectivity index (χ0v) is 8.42. The molecular weight excluding hydrogens is 164 g/mol. The molecule has 13 heavy (non-hydrogen) atoms. The lowest BCUT2D eigenvalue weighted by Crippen LogP contribution is -2.26. The van der Waals surface area contributed by atoms with Crippen LogP contribution in [0.4, 0.5) is 5.82 Å². The lowest BCUT2D eigenvalue weighted by Gasteiger charge is -2.19. The van der Waals surface area contributed by atoms with Crippen LogP contribution in [0.3, 0.4) is 0 Å². The molecule has 0 bridgehead atoms. The minimum atomic E-state index is -0.0267. The van der Waals surface area contributed by atoms with E-state index in [-0.39, 0.29) is 5.54 Å². The monoisotopic (exact) mass is 178 g/mol. The first-order chi connectivity index (χ1) is 5.92. The first-order valence-electron chi connectivity index (χ1n) is 4.15. The second kappa shape index (κ2) is 3.09. The summed E-state index contributed by atoms with van der Waals surface area (Å²) in [5.74, 6) is 0.742. The fourth-order valence-corrected chi connectivity index (χ4v) is 1.02. The predicted octanol–water partition coefficient (Wildman–Crippen LogP) is 1.50. The van der Waals surface area contributed by atoms with Crippen molar-refractivity contribution in [3.63, 3.8) is 0 Å². The number of aryl methyl sites for hydroxylation is 1. The van der Waals surface area contributed by atoms with Crippen molar-refractivity contribution >= 4 is 5.82 Å². The molecule has 0 radical (unpaired) electrons. The van der Waals surface area contributed by atoms with Crippen molar-refractivity contribution in [2.24, 2.45) is 7.05 Å². The molecule has 0 atom stereocenters. The van der Waals surface area contributed by atoms with Gasteiger partial charge in [0.1, 0.15) is 17.6 Å². The van der Waals surface area contributed by atoms with Gasteiger partial charge < -0.3 is 5.32 Å². The molecule has 4 heteroatoms. The van der Waals surface area contributed by atoms with Crippen LogP contribution >= 0.6 is 0 Å². The first-order valence-corrected chi connectivity index (χ1v) is 4.15. The van der Waals surface area contributed by atoms with Crippen LogP contribution in [0.15, 0.2) is 6.07 Å². The molecule has 0 aliphatic rings. The molecule has 70 valence electrons. The van der Waals surface area contributed by atoms with Crippen molar-refractivity contribution in [1.29, 1.82) is 5.26 Å². The van der Waals surface area contributed by atoms with Gasteiger partial charge >= 0.3 is 0 Å². The number of hydrogen-bond donors (Lipinski definition) is 1. The van der Waals surface area contributed by atoms with E-state index in [9.17, 15) is 0 Å². The van der Waals surface area contributed by atoms with Crippen molar-refractivity contribution in [2.75, 3.05) is 5.32 Å². The van der Waals surface area contributed by atoms with Crippen molar-refractivity contribution in [1.82, 2.24) is 9.78 Å². The maximum absolute atomic E-state index is 8.69. The van der Waals surface area contributed by atoms with Crippen molar-refractivity contribution in [2.45, 2.75) is 26.3 Å². The van der Waals surface area contributed by atoms with Gasteiger partial charge in [-0.15, -0.1) is 0 Å². The molecule has 0 aliphatic heterocycles. The zero-order valence-electron chi connectivity index (χ0n) is 8.42. The van der Waals surface area contributed by atoms with Gasteiger partial charge in [-0.1, -0.05) is 0 Å². The molecule has 0 spiro atoms. The standard InChI is InChI=1S/C9H14N4/c1-9(2,3)11-8-5-7(6-10)13(4)12-8/h5H,1-4H3,(H,11,12). The summed E-state index contributed by atoms with van der Waals surface area (Å²) in [5.41, 5.74) is 0.535. The van der Waals surface area contributed by atoms with Gasteiger partial charge in [-0.25, -0.2) is 0 Å². The highest BCUT2D eigenvalue weighted by Gasteiger charge is 2.12. The Labute approximate surface area is 78.2 Å². The Balaban J connectivity index is 2.87. The van der Waals surface area contributed by atoms with Gasteiger partial charge in [0.2, 0.25) is 0 Å². The molecule has 0 unspecified atom stereocenters. The lowest BCUT2D eigenvalue weighted by atomic mass is 10.1. The maximum Gasteiger partial charge on any atom is 0.149 e. The summed E-state index contributed by atoms with van der Waals surface area (Å²) in [7, 11) is 1.76. The number of nitriles is 1. The van der Waals surface area contributed by atoms with Gasteiger partial charge in [0.05, 0.1) is 0 Å². The number of nitrogens with one attached hydrogen (secondary N) is 1. The minimum Gasteiger partial charge on any atom is -0.364 e. The summed E-state index contributed by atoms with van der Waals surface area (Å²) >= 11 is 0. The molecular formula is C9H14N4. The molecule has 0 aliphatic carbocycles. The Morgan fingerprint density at radius 3 is 2.54 bits per heavy atom. The Morgan fingerprint density at radius 1 is 1.54 bits per heavy atom. The molecule has 0 fully saturated rings. The van der Waals surface area contributed by atoms with Crippen molar-refractivity contribution in [3.05, 3.63) is 11.8 Å². The smallest absolute Gasteiger partial charge is 0.149 e. The molecule has 0 saturated carbocycles. The fraction of sp³-hybridized carbons (Fsp3) is 0.556. The van der Waals surface area contributed by atoms with E-state index in [1.54, 1.807) is 17.8 Å². The fourth-order valence-electron chi connectivity index (χ4n) is 1.02. The summed E-state index contributed by atoms with van der Waals surface area (Å²) in [4.78, 5) is 0. The maximum atomic E-state index is 8.69. The third-order valence-electron chi connectivity index (χ3n) is 1.50.